The van der Waals surface area contributed by atoms with E-state index in [0.717, 1.165) is 0 Å². The second-order valence-electron chi connectivity index (χ2n) is 5.47. The Bertz CT molecular complexity index is 336. The normalized spacial score (nSPS) is 28.1. The fourth-order valence-corrected chi connectivity index (χ4v) is 1.96. The quantitative estimate of drug-likeness (QED) is 0.709. The minimum atomic E-state index is -0.783. The summed E-state index contributed by atoms with van der Waals surface area (Å²) in [4.78, 5) is 24.9. The van der Waals surface area contributed by atoms with Crippen molar-refractivity contribution in [2.24, 2.45) is 0 Å². The molecule has 0 radical (unpaired) electrons. The molecule has 0 unspecified atom stereocenters. The summed E-state index contributed by atoms with van der Waals surface area (Å²) in [7, 11) is 1.25. The number of hydrogen-bond donors (Lipinski definition) is 1. The van der Waals surface area contributed by atoms with Gasteiger partial charge in [0.1, 0.15) is 11.6 Å². The van der Waals surface area contributed by atoms with Crippen LogP contribution < -0.4 is 0 Å². The maximum Gasteiger partial charge on any atom is 0.411 e. The summed E-state index contributed by atoms with van der Waals surface area (Å²) in [6.07, 6.45) is -1.18. The van der Waals surface area contributed by atoms with E-state index in [1.807, 2.05) is 0 Å². The number of likely N-dealkylation sites (tertiary alicyclic amines) is 1. The summed E-state index contributed by atoms with van der Waals surface area (Å²) in [5.74, 6) is -0.538. The summed E-state index contributed by atoms with van der Waals surface area (Å²) in [5, 5.41) is 9.77. The molecule has 1 amide bonds. The van der Waals surface area contributed by atoms with Crippen LogP contribution in [0.2, 0.25) is 0 Å². The van der Waals surface area contributed by atoms with Gasteiger partial charge in [-0.2, -0.15) is 0 Å². The van der Waals surface area contributed by atoms with Gasteiger partial charge in [-0.1, -0.05) is 0 Å². The van der Waals surface area contributed by atoms with Gasteiger partial charge < -0.3 is 14.6 Å². The third-order valence-electron chi connectivity index (χ3n) is 2.87. The molecule has 0 saturated carbocycles. The number of hydrogen-bond acceptors (Lipinski definition) is 5. The van der Waals surface area contributed by atoms with Crippen LogP contribution in [0.4, 0.5) is 4.79 Å². The van der Waals surface area contributed by atoms with Crippen LogP contribution in [-0.4, -0.2) is 53.0 Å². The first-order chi connectivity index (χ1) is 8.17. The number of esters is 1. The number of aliphatic hydroxyl groups excluding tert-OH is 1. The van der Waals surface area contributed by atoms with Crippen LogP contribution in [0.15, 0.2) is 0 Å². The van der Waals surface area contributed by atoms with Crippen LogP contribution in [0, 0.1) is 0 Å². The van der Waals surface area contributed by atoms with Crippen molar-refractivity contribution < 1.29 is 24.2 Å². The van der Waals surface area contributed by atoms with E-state index in [2.05, 4.69) is 4.74 Å². The lowest BCUT2D eigenvalue weighted by atomic mass is 10.1. The molecule has 0 aromatic rings. The van der Waals surface area contributed by atoms with Crippen molar-refractivity contribution in [2.75, 3.05) is 7.11 Å². The Morgan fingerprint density at radius 2 is 1.89 bits per heavy atom. The van der Waals surface area contributed by atoms with Crippen molar-refractivity contribution >= 4 is 12.1 Å². The summed E-state index contributed by atoms with van der Waals surface area (Å²) in [6, 6.07) is -1.25. The van der Waals surface area contributed by atoms with Crippen molar-refractivity contribution in [3.8, 4) is 0 Å². The molecule has 1 rings (SSSR count). The molecule has 0 aromatic carbocycles. The Morgan fingerprint density at radius 1 is 1.33 bits per heavy atom. The van der Waals surface area contributed by atoms with Gasteiger partial charge >= 0.3 is 12.1 Å². The van der Waals surface area contributed by atoms with Crippen LogP contribution in [0.1, 0.15) is 34.1 Å². The average Bonchev–Trinajstić information content (AvgIpc) is 2.52. The van der Waals surface area contributed by atoms with Gasteiger partial charge in [-0.05, 0) is 27.7 Å². The van der Waals surface area contributed by atoms with E-state index >= 15 is 0 Å². The second-order valence-corrected chi connectivity index (χ2v) is 5.47. The topological polar surface area (TPSA) is 76.1 Å². The van der Waals surface area contributed by atoms with E-state index in [1.54, 1.807) is 27.7 Å². The maximum absolute atomic E-state index is 12.0. The summed E-state index contributed by atoms with van der Waals surface area (Å²) in [5.41, 5.74) is -0.648. The highest BCUT2D eigenvalue weighted by Gasteiger charge is 2.46. The van der Waals surface area contributed by atoms with Crippen molar-refractivity contribution in [2.45, 2.75) is 57.9 Å². The van der Waals surface area contributed by atoms with Crippen LogP contribution in [0.3, 0.4) is 0 Å². The average molecular weight is 259 g/mol. The molecule has 0 aliphatic carbocycles. The van der Waals surface area contributed by atoms with Gasteiger partial charge in [-0.3, -0.25) is 4.90 Å². The van der Waals surface area contributed by atoms with Crippen molar-refractivity contribution in [3.05, 3.63) is 0 Å². The third-order valence-corrected chi connectivity index (χ3v) is 2.87. The molecule has 1 N–H and O–H groups in total. The Balaban J connectivity index is 2.88. The first-order valence-corrected chi connectivity index (χ1v) is 5.94. The van der Waals surface area contributed by atoms with Gasteiger partial charge in [-0.25, -0.2) is 9.59 Å². The first kappa shape index (κ1) is 14.8. The predicted molar refractivity (Wildman–Crippen MR) is 64.0 cm³/mol. The SMILES string of the molecule is COC(=O)[C@@H]1C[C@H](O)[C@H](C)N1C(=O)OC(C)(C)C. The summed E-state index contributed by atoms with van der Waals surface area (Å²) < 4.78 is 9.88. The first-order valence-electron chi connectivity index (χ1n) is 5.94. The standard InChI is InChI=1S/C12H21NO5/c1-7-9(14)6-8(10(15)17-5)13(7)11(16)18-12(2,3)4/h7-9,14H,6H2,1-5H3/t7-,8-,9-/m0/s1. The molecule has 1 heterocycles. The van der Waals surface area contributed by atoms with Gasteiger partial charge in [0.05, 0.1) is 19.3 Å². The van der Waals surface area contributed by atoms with Gasteiger partial charge in [0.15, 0.2) is 0 Å². The van der Waals surface area contributed by atoms with E-state index in [4.69, 9.17) is 4.74 Å². The van der Waals surface area contributed by atoms with Gasteiger partial charge in [0.25, 0.3) is 0 Å². The number of carbonyl (C=O) groups is 2. The molecule has 1 aliphatic rings. The zero-order valence-electron chi connectivity index (χ0n) is 11.5. The number of aliphatic hydroxyl groups is 1. The largest absolute Gasteiger partial charge is 0.467 e. The Labute approximate surface area is 107 Å². The number of rotatable bonds is 1. The number of methoxy groups -OCH3 is 1. The van der Waals surface area contributed by atoms with Crippen molar-refractivity contribution in [3.63, 3.8) is 0 Å². The maximum atomic E-state index is 12.0. The Morgan fingerprint density at radius 3 is 2.33 bits per heavy atom. The van der Waals surface area contributed by atoms with Crippen molar-refractivity contribution in [1.29, 1.82) is 0 Å². The highest BCUT2D eigenvalue weighted by molar-refractivity contribution is 5.82. The van der Waals surface area contributed by atoms with Crippen molar-refractivity contribution in [1.82, 2.24) is 4.90 Å². The molecule has 1 aliphatic heterocycles. The van der Waals surface area contributed by atoms with Crippen LogP contribution in [-0.2, 0) is 14.3 Å². The van der Waals surface area contributed by atoms with Gasteiger partial charge in [0.2, 0.25) is 0 Å². The highest BCUT2D eigenvalue weighted by Crippen LogP contribution is 2.27. The minimum absolute atomic E-state index is 0.174. The molecule has 0 bridgehead atoms. The minimum Gasteiger partial charge on any atom is -0.467 e. The van der Waals surface area contributed by atoms with E-state index in [0.29, 0.717) is 0 Å². The van der Waals surface area contributed by atoms with Crippen LogP contribution in [0.5, 0.6) is 0 Å². The lowest BCUT2D eigenvalue weighted by molar-refractivity contribution is -0.146. The van der Waals surface area contributed by atoms with Crippen LogP contribution >= 0.6 is 0 Å². The fourth-order valence-electron chi connectivity index (χ4n) is 1.96. The van der Waals surface area contributed by atoms with E-state index in [9.17, 15) is 14.7 Å². The smallest absolute Gasteiger partial charge is 0.411 e. The molecule has 0 aromatic heterocycles. The molecule has 18 heavy (non-hydrogen) atoms. The van der Waals surface area contributed by atoms with E-state index in [1.165, 1.54) is 12.0 Å². The van der Waals surface area contributed by atoms with E-state index < -0.39 is 35.9 Å². The Hall–Kier alpha value is -1.30. The molecular formula is C12H21NO5. The Kier molecular flexibility index (Phi) is 4.21. The van der Waals surface area contributed by atoms with Gasteiger partial charge in [0, 0.05) is 6.42 Å². The summed E-state index contributed by atoms with van der Waals surface area (Å²) >= 11 is 0. The van der Waals surface area contributed by atoms with Gasteiger partial charge in [-0.15, -0.1) is 0 Å². The monoisotopic (exact) mass is 259 g/mol. The second kappa shape index (κ2) is 5.14. The zero-order chi connectivity index (χ0) is 14.1. The lowest BCUT2D eigenvalue weighted by Crippen LogP contribution is -2.47. The predicted octanol–water partition coefficient (Wildman–Crippen LogP) is 0.918. The molecule has 1 saturated heterocycles. The number of nitrogens with zero attached hydrogens (tertiary/aromatic N) is 1. The number of amides is 1. The lowest BCUT2D eigenvalue weighted by Gasteiger charge is -2.30. The summed E-state index contributed by atoms with van der Waals surface area (Å²) in [6.45, 7) is 6.91. The molecule has 6 heteroatoms. The highest BCUT2D eigenvalue weighted by atomic mass is 16.6. The molecule has 104 valence electrons. The fraction of sp³-hybridized carbons (Fsp3) is 0.833. The third kappa shape index (κ3) is 3.13. The number of carbonyl (C=O) groups excluding carboxylic acids is 2. The number of ether oxygens (including phenoxy) is 2. The molecular weight excluding hydrogens is 238 g/mol. The molecule has 1 fully saturated rings. The van der Waals surface area contributed by atoms with Crippen LogP contribution in [0.25, 0.3) is 0 Å². The molecule has 6 nitrogen and oxygen atoms in total. The van der Waals surface area contributed by atoms with E-state index in [-0.39, 0.29) is 6.42 Å². The molecule has 3 atom stereocenters. The molecule has 0 spiro atoms. The zero-order valence-corrected chi connectivity index (χ0v) is 11.5.